The number of carbonyl (C=O) groups is 1. The van der Waals surface area contributed by atoms with Crippen LogP contribution in [-0.2, 0) is 30.3 Å². The SMILES string of the molecule is CCC(C)(CC)C(=O)/C=C(\O)C(C)(CC)CC.Cc1[c]([Ge]([CH3])([CH3])[CH3])ccc2c1sc1c(-c3[c-]c4ccccc4c(C(C)(C)C)c3)ncnc12.[Ir]. The predicted octanol–water partition coefficient (Wildman–Crippen LogP) is 12.3. The molecule has 1 radical (unpaired) electrons. The summed E-state index contributed by atoms with van der Waals surface area (Å²) in [7, 11) is 0. The third-order valence-electron chi connectivity index (χ3n) is 10.9. The second-order valence-electron chi connectivity index (χ2n) is 16.2. The fourth-order valence-corrected chi connectivity index (χ4v) is 11.7. The zero-order valence-electron chi connectivity index (χ0n) is 32.5. The molecule has 2 heterocycles. The van der Waals surface area contributed by atoms with Crippen molar-refractivity contribution in [1.29, 1.82) is 0 Å². The van der Waals surface area contributed by atoms with Gasteiger partial charge in [-0.25, -0.2) is 0 Å². The number of benzene rings is 3. The third kappa shape index (κ3) is 8.46. The van der Waals surface area contributed by atoms with Gasteiger partial charge in [0.2, 0.25) is 0 Å². The third-order valence-corrected chi connectivity index (χ3v) is 16.8. The fourth-order valence-electron chi connectivity index (χ4n) is 6.44. The maximum Gasteiger partial charge on any atom is 0 e. The quantitative estimate of drug-likeness (QED) is 0.0692. The molecular weight excluding hydrogens is 873 g/mol. The van der Waals surface area contributed by atoms with Gasteiger partial charge in [-0.15, -0.1) is 0 Å². The summed E-state index contributed by atoms with van der Waals surface area (Å²) in [4.78, 5) is 21.7. The molecular formula is C43H57GeIrN2O2S-. The van der Waals surface area contributed by atoms with E-state index in [1.165, 1.54) is 32.7 Å². The van der Waals surface area contributed by atoms with Crippen molar-refractivity contribution >= 4 is 65.9 Å². The molecule has 1 N–H and O–H groups in total. The van der Waals surface area contributed by atoms with Gasteiger partial charge in [-0.1, -0.05) is 41.5 Å². The monoisotopic (exact) mass is 932 g/mol. The largest absolute Gasteiger partial charge is 0 e. The smallest absolute Gasteiger partial charge is 0 e. The summed E-state index contributed by atoms with van der Waals surface area (Å²) < 4.78 is 4.10. The minimum atomic E-state index is -1.95. The van der Waals surface area contributed by atoms with Crippen molar-refractivity contribution in [2.75, 3.05) is 0 Å². The molecule has 0 atom stereocenters. The standard InChI is InChI=1S/C28H29GeN2S.C15H28O2.Ir/c1-17-23(29(5,6)7)13-12-21-25-27(32-26(17)21)24(30-16-31-25)19-14-18-10-8-9-11-20(18)22(15-19)28(2,3)4;1-7-14(5,8-2)12(16)11-13(17)15(6,9-3)10-4;/h8-13,15-16H,1-7H3;11,16H,7-10H2,1-6H3;/q-1;;/b;12-11-;. The van der Waals surface area contributed by atoms with Crippen LogP contribution in [0.25, 0.3) is 42.3 Å². The molecule has 0 amide bonds. The number of thiophene rings is 1. The van der Waals surface area contributed by atoms with Crippen molar-refractivity contribution in [3.63, 3.8) is 0 Å². The van der Waals surface area contributed by atoms with E-state index in [9.17, 15) is 9.90 Å². The summed E-state index contributed by atoms with van der Waals surface area (Å²) in [5.41, 5.74) is 5.29. The van der Waals surface area contributed by atoms with Crippen LogP contribution in [0.3, 0.4) is 0 Å². The molecule has 271 valence electrons. The van der Waals surface area contributed by atoms with Gasteiger partial charge >= 0.3 is 198 Å². The second-order valence-corrected chi connectivity index (χ2v) is 27.8. The molecule has 0 fully saturated rings. The number of fused-ring (bicyclic) bond motifs is 4. The van der Waals surface area contributed by atoms with E-state index in [-0.39, 0.29) is 47.9 Å². The molecule has 0 unspecified atom stereocenters. The Kier molecular flexibility index (Phi) is 13.5. The van der Waals surface area contributed by atoms with Gasteiger partial charge in [-0.05, 0) is 25.7 Å². The van der Waals surface area contributed by atoms with Crippen LogP contribution >= 0.6 is 11.3 Å². The summed E-state index contributed by atoms with van der Waals surface area (Å²) in [5, 5.41) is 13.8. The zero-order chi connectivity index (χ0) is 36.5. The maximum absolute atomic E-state index is 12.2. The normalized spacial score (nSPS) is 12.9. The van der Waals surface area contributed by atoms with Crippen LogP contribution in [-0.4, -0.2) is 34.1 Å². The van der Waals surface area contributed by atoms with Crippen LogP contribution in [0, 0.1) is 23.8 Å². The van der Waals surface area contributed by atoms with Crippen LogP contribution in [0.1, 0.15) is 99.1 Å². The average Bonchev–Trinajstić information content (AvgIpc) is 3.46. The molecule has 5 aromatic rings. The van der Waals surface area contributed by atoms with E-state index < -0.39 is 13.3 Å². The molecule has 4 nitrogen and oxygen atoms in total. The molecule has 0 aliphatic carbocycles. The van der Waals surface area contributed by atoms with E-state index in [2.05, 4.69) is 93.5 Å². The van der Waals surface area contributed by atoms with E-state index in [1.54, 1.807) is 10.7 Å². The number of allylic oxidation sites excluding steroid dienone is 2. The Labute approximate surface area is 321 Å². The number of rotatable bonds is 9. The Morgan fingerprint density at radius 2 is 1.46 bits per heavy atom. The van der Waals surface area contributed by atoms with E-state index in [1.807, 2.05) is 52.9 Å². The number of aryl methyl sites for hydroxylation is 1. The Balaban J connectivity index is 0.000000323. The zero-order valence-corrected chi connectivity index (χ0v) is 37.8. The summed E-state index contributed by atoms with van der Waals surface area (Å²) in [5.74, 6) is 7.68. The van der Waals surface area contributed by atoms with Crippen LogP contribution in [0.4, 0.5) is 0 Å². The summed E-state index contributed by atoms with van der Waals surface area (Å²) in [6.07, 6.45) is 6.47. The summed E-state index contributed by atoms with van der Waals surface area (Å²) in [6.45, 7) is 21.2. The van der Waals surface area contributed by atoms with Crippen molar-refractivity contribution < 1.29 is 30.0 Å². The summed E-state index contributed by atoms with van der Waals surface area (Å²) in [6, 6.07) is 19.2. The van der Waals surface area contributed by atoms with Gasteiger partial charge in [-0.3, -0.25) is 4.79 Å². The molecule has 50 heavy (non-hydrogen) atoms. The first-order valence-electron chi connectivity index (χ1n) is 17.9. The van der Waals surface area contributed by atoms with Gasteiger partial charge in [0, 0.05) is 37.0 Å². The predicted molar refractivity (Wildman–Crippen MR) is 216 cm³/mol. The molecule has 0 saturated carbocycles. The number of aromatic nitrogens is 2. The van der Waals surface area contributed by atoms with Crippen LogP contribution in [0.15, 0.2) is 60.6 Å². The van der Waals surface area contributed by atoms with Crippen molar-refractivity contribution in [1.82, 2.24) is 9.97 Å². The van der Waals surface area contributed by atoms with Gasteiger partial charge in [0.1, 0.15) is 5.76 Å². The molecule has 0 aliphatic heterocycles. The molecule has 2 aromatic heterocycles. The van der Waals surface area contributed by atoms with Gasteiger partial charge in [0.05, 0.1) is 0 Å². The van der Waals surface area contributed by atoms with Crippen molar-refractivity contribution in [2.45, 2.75) is 118 Å². The van der Waals surface area contributed by atoms with Crippen molar-refractivity contribution in [3.05, 3.63) is 77.8 Å². The molecule has 0 saturated heterocycles. The van der Waals surface area contributed by atoms with Gasteiger partial charge in [0.25, 0.3) is 0 Å². The Morgan fingerprint density at radius 1 is 0.860 bits per heavy atom. The van der Waals surface area contributed by atoms with Gasteiger partial charge < -0.3 is 5.11 Å². The minimum absolute atomic E-state index is 0. The fraction of sp³-hybridized carbons (Fsp3) is 0.465. The average molecular weight is 931 g/mol. The second kappa shape index (κ2) is 16.1. The number of aliphatic hydroxyl groups excluding tert-OH is 1. The van der Waals surface area contributed by atoms with E-state index in [0.29, 0.717) is 0 Å². The Morgan fingerprint density at radius 3 is 2.02 bits per heavy atom. The molecule has 7 heteroatoms. The number of carbonyl (C=O) groups excluding carboxylic acids is 1. The maximum atomic E-state index is 12.2. The number of hydrogen-bond acceptors (Lipinski definition) is 5. The Hall–Kier alpha value is -2.38. The van der Waals surface area contributed by atoms with Crippen LogP contribution in [0.2, 0.25) is 17.3 Å². The van der Waals surface area contributed by atoms with Crippen molar-refractivity contribution in [3.8, 4) is 11.3 Å². The molecule has 0 aliphatic rings. The summed E-state index contributed by atoms with van der Waals surface area (Å²) >= 11 is -0.106. The molecule has 0 bridgehead atoms. The number of hydrogen-bond donors (Lipinski definition) is 1. The van der Waals surface area contributed by atoms with Crippen LogP contribution in [0.5, 0.6) is 0 Å². The first kappa shape index (κ1) is 42.0. The molecule has 5 rings (SSSR count). The van der Waals surface area contributed by atoms with E-state index in [4.69, 9.17) is 9.97 Å². The van der Waals surface area contributed by atoms with E-state index >= 15 is 0 Å². The van der Waals surface area contributed by atoms with Gasteiger partial charge in [-0.2, -0.15) is 0 Å². The molecule has 3 aromatic carbocycles. The van der Waals surface area contributed by atoms with Gasteiger partial charge in [0.15, 0.2) is 5.78 Å². The number of ketones is 1. The van der Waals surface area contributed by atoms with Crippen LogP contribution < -0.4 is 4.40 Å². The number of aliphatic hydroxyl groups is 1. The minimum Gasteiger partial charge on any atom is 0 e. The van der Waals surface area contributed by atoms with Crippen molar-refractivity contribution in [2.24, 2.45) is 10.8 Å². The van der Waals surface area contributed by atoms with E-state index in [0.717, 1.165) is 52.5 Å². The first-order chi connectivity index (χ1) is 22.8. The Bertz CT molecular complexity index is 2010. The topological polar surface area (TPSA) is 63.1 Å². The number of nitrogens with zero attached hydrogens (tertiary/aromatic N) is 2. The molecule has 0 spiro atoms. The first-order valence-corrected chi connectivity index (χ1v) is 26.1.